The first-order valence-corrected chi connectivity index (χ1v) is 9.36. The monoisotopic (exact) mass is 407 g/mol. The van der Waals surface area contributed by atoms with Crippen LogP contribution in [0.2, 0.25) is 0 Å². The van der Waals surface area contributed by atoms with Crippen LogP contribution in [-0.4, -0.2) is 21.4 Å². The predicted octanol–water partition coefficient (Wildman–Crippen LogP) is 3.97. The minimum Gasteiger partial charge on any atom is -0.334 e. The van der Waals surface area contributed by atoms with E-state index in [9.17, 15) is 4.79 Å². The van der Waals surface area contributed by atoms with Crippen molar-refractivity contribution >= 4 is 49.6 Å². The van der Waals surface area contributed by atoms with Crippen LogP contribution in [0.25, 0.3) is 10.1 Å². The van der Waals surface area contributed by atoms with E-state index in [0.29, 0.717) is 4.77 Å². The Balaban J connectivity index is 1.63. The minimum atomic E-state index is -0.0496. The number of halogens is 1. The Morgan fingerprint density at radius 1 is 1.30 bits per heavy atom. The highest BCUT2D eigenvalue weighted by atomic mass is 79.9. The predicted molar refractivity (Wildman–Crippen MR) is 99.6 cm³/mol. The molecule has 3 heterocycles. The van der Waals surface area contributed by atoms with Crippen molar-refractivity contribution in [1.82, 2.24) is 14.9 Å². The molecule has 7 heteroatoms. The molecule has 3 aromatic rings. The first kappa shape index (κ1) is 15.3. The number of aromatic amines is 2. The molecule has 1 aliphatic rings. The Kier molecular flexibility index (Phi) is 3.96. The van der Waals surface area contributed by atoms with Crippen molar-refractivity contribution in [3.05, 3.63) is 60.0 Å². The maximum absolute atomic E-state index is 12.0. The molecule has 0 radical (unpaired) electrons. The van der Waals surface area contributed by atoms with Gasteiger partial charge < -0.3 is 4.98 Å². The molecule has 1 aromatic carbocycles. The quantitative estimate of drug-likeness (QED) is 0.631. The molecule has 0 saturated heterocycles. The van der Waals surface area contributed by atoms with Crippen molar-refractivity contribution in [2.75, 3.05) is 6.54 Å². The minimum absolute atomic E-state index is 0.0496. The molecule has 4 nitrogen and oxygen atoms in total. The maximum atomic E-state index is 12.0. The normalized spacial score (nSPS) is 15.0. The summed E-state index contributed by atoms with van der Waals surface area (Å²) in [5, 5.41) is 1.26. The Morgan fingerprint density at radius 3 is 2.96 bits per heavy atom. The molecule has 23 heavy (non-hydrogen) atoms. The molecule has 0 amide bonds. The van der Waals surface area contributed by atoms with Crippen LogP contribution < -0.4 is 5.56 Å². The van der Waals surface area contributed by atoms with Crippen LogP contribution in [0.5, 0.6) is 0 Å². The molecule has 2 N–H and O–H groups in total. The molecule has 0 bridgehead atoms. The summed E-state index contributed by atoms with van der Waals surface area (Å²) in [4.78, 5) is 21.4. The number of aromatic nitrogens is 2. The zero-order valence-corrected chi connectivity index (χ0v) is 15.4. The molecular formula is C16H14BrN3OS2. The number of hydrogen-bond donors (Lipinski definition) is 2. The molecule has 0 atom stereocenters. The lowest BCUT2D eigenvalue weighted by Crippen LogP contribution is -2.34. The molecule has 118 valence electrons. The molecule has 2 aromatic heterocycles. The number of H-pyrrole nitrogens is 2. The van der Waals surface area contributed by atoms with Crippen LogP contribution in [0.4, 0.5) is 0 Å². The van der Waals surface area contributed by atoms with E-state index in [1.165, 1.54) is 19.4 Å². The number of benzene rings is 1. The number of rotatable bonds is 2. The number of fused-ring (bicyclic) bond motifs is 2. The van der Waals surface area contributed by atoms with E-state index in [0.717, 1.165) is 37.3 Å². The SMILES string of the molecule is O=c1[nH]c(=S)[nH]c2c1CCN(Cc1sc3ccccc3c1Br)C2. The average Bonchev–Trinajstić information content (AvgIpc) is 2.83. The Labute approximate surface area is 150 Å². The summed E-state index contributed by atoms with van der Waals surface area (Å²) >= 11 is 10.6. The molecular weight excluding hydrogens is 394 g/mol. The second-order valence-corrected chi connectivity index (χ2v) is 8.00. The number of thiophene rings is 1. The average molecular weight is 408 g/mol. The van der Waals surface area contributed by atoms with Crippen molar-refractivity contribution in [1.29, 1.82) is 0 Å². The van der Waals surface area contributed by atoms with Gasteiger partial charge in [0.25, 0.3) is 5.56 Å². The third kappa shape index (κ3) is 2.82. The summed E-state index contributed by atoms with van der Waals surface area (Å²) in [7, 11) is 0. The van der Waals surface area contributed by atoms with Crippen molar-refractivity contribution in [3.63, 3.8) is 0 Å². The molecule has 0 unspecified atom stereocenters. The molecule has 0 fully saturated rings. The number of hydrogen-bond acceptors (Lipinski definition) is 4. The summed E-state index contributed by atoms with van der Waals surface area (Å²) in [5.74, 6) is 0. The third-order valence-electron chi connectivity index (χ3n) is 4.16. The Hall–Kier alpha value is -1.28. The lowest BCUT2D eigenvalue weighted by atomic mass is 10.1. The first-order chi connectivity index (χ1) is 11.1. The van der Waals surface area contributed by atoms with Crippen molar-refractivity contribution < 1.29 is 0 Å². The van der Waals surface area contributed by atoms with Crippen LogP contribution in [0.3, 0.4) is 0 Å². The Bertz CT molecular complexity index is 1000. The topological polar surface area (TPSA) is 51.9 Å². The van der Waals surface area contributed by atoms with Gasteiger partial charge in [-0.25, -0.2) is 0 Å². The van der Waals surface area contributed by atoms with Crippen molar-refractivity contribution in [2.45, 2.75) is 19.5 Å². The van der Waals surface area contributed by atoms with Gasteiger partial charge in [-0.15, -0.1) is 11.3 Å². The van der Waals surface area contributed by atoms with Gasteiger partial charge in [0.1, 0.15) is 0 Å². The van der Waals surface area contributed by atoms with Crippen molar-refractivity contribution in [3.8, 4) is 0 Å². The fraction of sp³-hybridized carbons (Fsp3) is 0.250. The fourth-order valence-corrected chi connectivity index (χ4v) is 5.24. The zero-order valence-electron chi connectivity index (χ0n) is 12.2. The van der Waals surface area contributed by atoms with Gasteiger partial charge in [0.15, 0.2) is 4.77 Å². The summed E-state index contributed by atoms with van der Waals surface area (Å²) in [5.41, 5.74) is 1.74. The zero-order chi connectivity index (χ0) is 16.0. The van der Waals surface area contributed by atoms with Gasteiger partial charge in [-0.3, -0.25) is 14.7 Å². The molecule has 0 saturated carbocycles. The van der Waals surface area contributed by atoms with E-state index in [1.807, 2.05) is 11.3 Å². The third-order valence-corrected chi connectivity index (χ3v) is 6.69. The van der Waals surface area contributed by atoms with Gasteiger partial charge >= 0.3 is 0 Å². The smallest absolute Gasteiger partial charge is 0.255 e. The van der Waals surface area contributed by atoms with E-state index in [4.69, 9.17) is 12.2 Å². The van der Waals surface area contributed by atoms with Crippen LogP contribution in [-0.2, 0) is 19.5 Å². The highest BCUT2D eigenvalue weighted by Gasteiger charge is 2.21. The second kappa shape index (κ2) is 5.98. The molecule has 0 spiro atoms. The van der Waals surface area contributed by atoms with Gasteiger partial charge in [0, 0.05) is 50.3 Å². The van der Waals surface area contributed by atoms with Crippen LogP contribution >= 0.6 is 39.5 Å². The molecule has 0 aliphatic carbocycles. The fourth-order valence-electron chi connectivity index (χ4n) is 3.04. The Morgan fingerprint density at radius 2 is 2.13 bits per heavy atom. The summed E-state index contributed by atoms with van der Waals surface area (Å²) < 4.78 is 2.88. The first-order valence-electron chi connectivity index (χ1n) is 7.34. The molecule has 4 rings (SSSR count). The van der Waals surface area contributed by atoms with Gasteiger partial charge in [-0.1, -0.05) is 18.2 Å². The number of nitrogens with one attached hydrogen (secondary N) is 2. The largest absolute Gasteiger partial charge is 0.334 e. The van der Waals surface area contributed by atoms with Gasteiger partial charge in [0.05, 0.1) is 0 Å². The van der Waals surface area contributed by atoms with E-state index in [2.05, 4.69) is 55.1 Å². The lowest BCUT2D eigenvalue weighted by Gasteiger charge is -2.27. The van der Waals surface area contributed by atoms with E-state index >= 15 is 0 Å². The standard InChI is InChI=1S/C16H14BrN3OS2/c17-14-10-3-1-2-4-12(10)23-13(14)8-20-6-5-9-11(7-20)18-16(22)19-15(9)21/h1-4H,5-8H2,(H2,18,19,21,22). The van der Waals surface area contributed by atoms with Crippen LogP contribution in [0.1, 0.15) is 16.1 Å². The highest BCUT2D eigenvalue weighted by Crippen LogP contribution is 2.36. The summed E-state index contributed by atoms with van der Waals surface area (Å²) in [6.45, 7) is 2.47. The van der Waals surface area contributed by atoms with E-state index in [1.54, 1.807) is 0 Å². The maximum Gasteiger partial charge on any atom is 0.255 e. The number of nitrogens with zero attached hydrogens (tertiary/aromatic N) is 1. The van der Waals surface area contributed by atoms with Crippen LogP contribution in [0.15, 0.2) is 33.5 Å². The van der Waals surface area contributed by atoms with Crippen molar-refractivity contribution in [2.24, 2.45) is 0 Å². The lowest BCUT2D eigenvalue weighted by molar-refractivity contribution is 0.242. The van der Waals surface area contributed by atoms with Gasteiger partial charge in [-0.05, 0) is 40.6 Å². The van der Waals surface area contributed by atoms with E-state index < -0.39 is 0 Å². The summed E-state index contributed by atoms with van der Waals surface area (Å²) in [6.07, 6.45) is 0.749. The summed E-state index contributed by atoms with van der Waals surface area (Å²) in [6, 6.07) is 8.42. The van der Waals surface area contributed by atoms with Crippen LogP contribution in [0, 0.1) is 4.77 Å². The van der Waals surface area contributed by atoms with Gasteiger partial charge in [0.2, 0.25) is 0 Å². The van der Waals surface area contributed by atoms with E-state index in [-0.39, 0.29) is 5.56 Å². The van der Waals surface area contributed by atoms with Gasteiger partial charge in [-0.2, -0.15) is 0 Å². The molecule has 1 aliphatic heterocycles. The second-order valence-electron chi connectivity index (χ2n) is 5.66. The highest BCUT2D eigenvalue weighted by molar-refractivity contribution is 9.10.